The fourth-order valence-electron chi connectivity index (χ4n) is 3.54. The monoisotopic (exact) mass is 341 g/mol. The Kier molecular flexibility index (Phi) is 5.53. The SMILES string of the molecule is COCc1ncc(C)n1CC1CCN(C(=O)c2cccc(C)c2)CC1. The number of aryl methyl sites for hydroxylation is 2. The molecule has 0 bridgehead atoms. The Morgan fingerprint density at radius 1 is 1.28 bits per heavy atom. The maximum absolute atomic E-state index is 12.7. The molecule has 0 radical (unpaired) electrons. The number of likely N-dealkylation sites (tertiary alicyclic amines) is 1. The van der Waals surface area contributed by atoms with Crippen molar-refractivity contribution in [3.05, 3.63) is 53.1 Å². The minimum atomic E-state index is 0.154. The molecule has 0 spiro atoms. The highest BCUT2D eigenvalue weighted by atomic mass is 16.5. The lowest BCUT2D eigenvalue weighted by Crippen LogP contribution is -2.39. The molecule has 3 rings (SSSR count). The number of imidazole rings is 1. The zero-order chi connectivity index (χ0) is 17.8. The van der Waals surface area contributed by atoms with Gasteiger partial charge in [0.25, 0.3) is 5.91 Å². The summed E-state index contributed by atoms with van der Waals surface area (Å²) in [5.41, 5.74) is 3.10. The van der Waals surface area contributed by atoms with E-state index in [9.17, 15) is 4.79 Å². The van der Waals surface area contributed by atoms with Gasteiger partial charge >= 0.3 is 0 Å². The lowest BCUT2D eigenvalue weighted by Gasteiger charge is -2.32. The average molecular weight is 341 g/mol. The highest BCUT2D eigenvalue weighted by Crippen LogP contribution is 2.22. The van der Waals surface area contributed by atoms with Crippen molar-refractivity contribution < 1.29 is 9.53 Å². The minimum Gasteiger partial charge on any atom is -0.377 e. The van der Waals surface area contributed by atoms with Crippen LogP contribution in [0.15, 0.2) is 30.5 Å². The van der Waals surface area contributed by atoms with Crippen molar-refractivity contribution in [3.63, 3.8) is 0 Å². The molecule has 1 aliphatic heterocycles. The maximum atomic E-state index is 12.7. The maximum Gasteiger partial charge on any atom is 0.253 e. The van der Waals surface area contributed by atoms with Crippen LogP contribution in [0, 0.1) is 19.8 Å². The van der Waals surface area contributed by atoms with Crippen LogP contribution in [0.1, 0.15) is 40.3 Å². The summed E-state index contributed by atoms with van der Waals surface area (Å²) < 4.78 is 7.50. The third-order valence-corrected chi connectivity index (χ3v) is 5.02. The molecule has 2 aromatic rings. The number of methoxy groups -OCH3 is 1. The van der Waals surface area contributed by atoms with Gasteiger partial charge in [-0.05, 0) is 44.7 Å². The van der Waals surface area contributed by atoms with Crippen LogP contribution < -0.4 is 0 Å². The van der Waals surface area contributed by atoms with E-state index in [4.69, 9.17) is 4.74 Å². The average Bonchev–Trinajstić information content (AvgIpc) is 2.95. The van der Waals surface area contributed by atoms with Crippen LogP contribution in [0.25, 0.3) is 0 Å². The van der Waals surface area contributed by atoms with Crippen LogP contribution >= 0.6 is 0 Å². The summed E-state index contributed by atoms with van der Waals surface area (Å²) in [7, 11) is 1.70. The number of rotatable bonds is 5. The van der Waals surface area contributed by atoms with E-state index >= 15 is 0 Å². The molecule has 5 nitrogen and oxygen atoms in total. The molecule has 1 aromatic carbocycles. The van der Waals surface area contributed by atoms with Gasteiger partial charge in [0, 0.05) is 44.2 Å². The predicted molar refractivity (Wildman–Crippen MR) is 97.5 cm³/mol. The second kappa shape index (κ2) is 7.83. The van der Waals surface area contributed by atoms with E-state index in [0.29, 0.717) is 12.5 Å². The zero-order valence-electron chi connectivity index (χ0n) is 15.4. The van der Waals surface area contributed by atoms with Crippen LogP contribution in [0.3, 0.4) is 0 Å². The highest BCUT2D eigenvalue weighted by Gasteiger charge is 2.24. The molecule has 0 atom stereocenters. The lowest BCUT2D eigenvalue weighted by atomic mass is 9.96. The molecule has 25 heavy (non-hydrogen) atoms. The molecule has 1 aromatic heterocycles. The van der Waals surface area contributed by atoms with Gasteiger partial charge in [0.15, 0.2) is 0 Å². The smallest absolute Gasteiger partial charge is 0.253 e. The van der Waals surface area contributed by atoms with Crippen LogP contribution in [0.2, 0.25) is 0 Å². The predicted octanol–water partition coefficient (Wildman–Crippen LogP) is 3.20. The Morgan fingerprint density at radius 3 is 2.72 bits per heavy atom. The van der Waals surface area contributed by atoms with E-state index in [1.54, 1.807) is 7.11 Å². The fraction of sp³-hybridized carbons (Fsp3) is 0.500. The molecule has 0 N–H and O–H groups in total. The molecule has 2 heterocycles. The number of benzene rings is 1. The Hall–Kier alpha value is -2.14. The molecule has 1 aliphatic rings. The molecular formula is C20H27N3O2. The topological polar surface area (TPSA) is 47.4 Å². The van der Waals surface area contributed by atoms with Crippen LogP contribution in [-0.2, 0) is 17.9 Å². The number of carbonyl (C=O) groups excluding carboxylic acids is 1. The molecule has 1 amide bonds. The lowest BCUT2D eigenvalue weighted by molar-refractivity contribution is 0.0681. The summed E-state index contributed by atoms with van der Waals surface area (Å²) in [6, 6.07) is 7.86. The third kappa shape index (κ3) is 4.10. The first kappa shape index (κ1) is 17.7. The molecule has 0 aliphatic carbocycles. The zero-order valence-corrected chi connectivity index (χ0v) is 15.4. The fourth-order valence-corrected chi connectivity index (χ4v) is 3.54. The number of hydrogen-bond donors (Lipinski definition) is 0. The summed E-state index contributed by atoms with van der Waals surface area (Å²) in [6.07, 6.45) is 3.97. The number of nitrogens with zero attached hydrogens (tertiary/aromatic N) is 3. The van der Waals surface area contributed by atoms with E-state index in [1.165, 1.54) is 5.69 Å². The van der Waals surface area contributed by atoms with Gasteiger partial charge in [0.05, 0.1) is 0 Å². The summed E-state index contributed by atoms with van der Waals surface area (Å²) >= 11 is 0. The van der Waals surface area contributed by atoms with Gasteiger partial charge in [-0.25, -0.2) is 4.98 Å². The van der Waals surface area contributed by atoms with E-state index in [1.807, 2.05) is 42.3 Å². The second-order valence-electron chi connectivity index (χ2n) is 6.96. The van der Waals surface area contributed by atoms with Crippen molar-refractivity contribution in [2.24, 2.45) is 5.92 Å². The summed E-state index contributed by atoms with van der Waals surface area (Å²) in [5, 5.41) is 0. The highest BCUT2D eigenvalue weighted by molar-refractivity contribution is 5.94. The molecule has 0 saturated carbocycles. The third-order valence-electron chi connectivity index (χ3n) is 5.02. The van der Waals surface area contributed by atoms with Gasteiger partial charge in [-0.3, -0.25) is 4.79 Å². The Morgan fingerprint density at radius 2 is 2.04 bits per heavy atom. The van der Waals surface area contributed by atoms with Gasteiger partial charge in [-0.2, -0.15) is 0 Å². The van der Waals surface area contributed by atoms with Crippen molar-refractivity contribution >= 4 is 5.91 Å². The standard InChI is InChI=1S/C20H27N3O2/c1-15-5-4-6-18(11-15)20(24)22-9-7-17(8-10-22)13-23-16(2)12-21-19(23)14-25-3/h4-6,11-12,17H,7-10,13-14H2,1-3H3. The van der Waals surface area contributed by atoms with Crippen molar-refractivity contribution in [1.82, 2.24) is 14.5 Å². The van der Waals surface area contributed by atoms with Gasteiger partial charge in [-0.15, -0.1) is 0 Å². The van der Waals surface area contributed by atoms with Crippen LogP contribution in [0.5, 0.6) is 0 Å². The number of carbonyl (C=O) groups is 1. The number of amides is 1. The molecule has 1 fully saturated rings. The van der Waals surface area contributed by atoms with E-state index in [-0.39, 0.29) is 5.91 Å². The van der Waals surface area contributed by atoms with Gasteiger partial charge in [0.2, 0.25) is 0 Å². The Labute approximate surface area is 149 Å². The summed E-state index contributed by atoms with van der Waals surface area (Å²) in [4.78, 5) is 19.1. The van der Waals surface area contributed by atoms with E-state index < -0.39 is 0 Å². The normalized spacial score (nSPS) is 15.6. The number of ether oxygens (including phenoxy) is 1. The molecular weight excluding hydrogens is 314 g/mol. The molecule has 1 saturated heterocycles. The number of aromatic nitrogens is 2. The first-order valence-corrected chi connectivity index (χ1v) is 8.94. The Bertz CT molecular complexity index is 730. The van der Waals surface area contributed by atoms with Crippen molar-refractivity contribution in [3.8, 4) is 0 Å². The Balaban J connectivity index is 1.59. The second-order valence-corrected chi connectivity index (χ2v) is 6.96. The van der Waals surface area contributed by atoms with Gasteiger partial charge in [0.1, 0.15) is 12.4 Å². The molecule has 134 valence electrons. The summed E-state index contributed by atoms with van der Waals surface area (Å²) in [6.45, 7) is 7.25. The number of piperidine rings is 1. The summed E-state index contributed by atoms with van der Waals surface area (Å²) in [5.74, 6) is 1.71. The van der Waals surface area contributed by atoms with E-state index in [2.05, 4.69) is 16.5 Å². The van der Waals surface area contributed by atoms with Crippen molar-refractivity contribution in [2.75, 3.05) is 20.2 Å². The molecule has 0 unspecified atom stereocenters. The van der Waals surface area contributed by atoms with Crippen molar-refractivity contribution in [1.29, 1.82) is 0 Å². The first-order valence-electron chi connectivity index (χ1n) is 8.94. The van der Waals surface area contributed by atoms with Crippen LogP contribution in [-0.4, -0.2) is 40.6 Å². The van der Waals surface area contributed by atoms with E-state index in [0.717, 1.165) is 49.4 Å². The first-order chi connectivity index (χ1) is 12.1. The molecule has 5 heteroatoms. The largest absolute Gasteiger partial charge is 0.377 e. The number of hydrogen-bond acceptors (Lipinski definition) is 3. The van der Waals surface area contributed by atoms with Crippen LogP contribution in [0.4, 0.5) is 0 Å². The quantitative estimate of drug-likeness (QED) is 0.839. The van der Waals surface area contributed by atoms with Gasteiger partial charge in [-0.1, -0.05) is 17.7 Å². The van der Waals surface area contributed by atoms with Gasteiger partial charge < -0.3 is 14.2 Å². The van der Waals surface area contributed by atoms with Crippen molar-refractivity contribution in [2.45, 2.75) is 39.8 Å². The minimum absolute atomic E-state index is 0.154.